The number of anilines is 1. The van der Waals surface area contributed by atoms with E-state index >= 15 is 0 Å². The standard InChI is InChI=1S/C31H40I2N6O10/c32-23-13-21(29(34)31(47)48)14-24(33)30(23)49-19-20-2-1-3-22(12-20)35-25(40)15-36-4-6-37(16-26(41)42)8-10-39(18-28(45)46)11-9-38(7-5-36)17-27(43)44/h1-3,12-14,29H,4-11,15-19,34H2,(H,35,40)(H,41,42)(H,43,44)(H,45,46)(H,47,48)/t29-/m0/s1. The van der Waals surface area contributed by atoms with Crippen LogP contribution in [0.25, 0.3) is 0 Å². The first-order chi connectivity index (χ1) is 23.2. The lowest BCUT2D eigenvalue weighted by Gasteiger charge is -2.32. The largest absolute Gasteiger partial charge is 0.487 e. The van der Waals surface area contributed by atoms with Crippen molar-refractivity contribution in [3.05, 3.63) is 54.7 Å². The lowest BCUT2D eigenvalue weighted by molar-refractivity contribution is -0.140. The molecule has 1 aliphatic rings. The third-order valence-corrected chi connectivity index (χ3v) is 9.22. The van der Waals surface area contributed by atoms with E-state index in [1.807, 2.05) is 11.0 Å². The first-order valence-electron chi connectivity index (χ1n) is 15.2. The number of carboxylic acid groups (broad SMARTS) is 4. The van der Waals surface area contributed by atoms with Crippen molar-refractivity contribution in [2.45, 2.75) is 12.6 Å². The second kappa shape index (κ2) is 19.9. The Kier molecular flexibility index (Phi) is 16.3. The van der Waals surface area contributed by atoms with Gasteiger partial charge in [0.25, 0.3) is 0 Å². The molecule has 1 heterocycles. The van der Waals surface area contributed by atoms with Gasteiger partial charge in [0, 0.05) is 58.0 Å². The molecule has 49 heavy (non-hydrogen) atoms. The zero-order chi connectivity index (χ0) is 36.1. The number of hydrogen-bond acceptors (Lipinski definition) is 11. The number of carbonyl (C=O) groups is 5. The summed E-state index contributed by atoms with van der Waals surface area (Å²) in [4.78, 5) is 65.9. The van der Waals surface area contributed by atoms with E-state index in [0.29, 0.717) is 50.3 Å². The summed E-state index contributed by atoms with van der Waals surface area (Å²) in [6.45, 7) is 1.76. The number of benzene rings is 2. The predicted octanol–water partition coefficient (Wildman–Crippen LogP) is 0.973. The zero-order valence-corrected chi connectivity index (χ0v) is 30.9. The van der Waals surface area contributed by atoms with Gasteiger partial charge in [0.15, 0.2) is 0 Å². The highest BCUT2D eigenvalue weighted by Gasteiger charge is 2.22. The van der Waals surface area contributed by atoms with E-state index in [1.54, 1.807) is 45.0 Å². The van der Waals surface area contributed by atoms with Crippen LogP contribution in [0, 0.1) is 7.14 Å². The number of rotatable bonds is 14. The van der Waals surface area contributed by atoms with Gasteiger partial charge in [-0.15, -0.1) is 0 Å². The monoisotopic (exact) mass is 910 g/mol. The topological polar surface area (TPSA) is 227 Å². The van der Waals surface area contributed by atoms with Crippen LogP contribution in [0.1, 0.15) is 17.2 Å². The maximum absolute atomic E-state index is 13.2. The van der Waals surface area contributed by atoms with Gasteiger partial charge in [0.1, 0.15) is 18.4 Å². The van der Waals surface area contributed by atoms with Crippen LogP contribution in [-0.4, -0.2) is 148 Å². The van der Waals surface area contributed by atoms with Crippen LogP contribution in [0.5, 0.6) is 5.75 Å². The molecule has 2 aromatic rings. The van der Waals surface area contributed by atoms with Gasteiger partial charge in [-0.3, -0.25) is 43.6 Å². The summed E-state index contributed by atoms with van der Waals surface area (Å²) < 4.78 is 7.45. The van der Waals surface area contributed by atoms with Crippen LogP contribution >= 0.6 is 45.2 Å². The fraction of sp³-hybridized carbons (Fsp3) is 0.452. The summed E-state index contributed by atoms with van der Waals surface area (Å²) in [7, 11) is 0. The lowest BCUT2D eigenvalue weighted by atomic mass is 10.1. The highest BCUT2D eigenvalue weighted by atomic mass is 127. The van der Waals surface area contributed by atoms with Crippen molar-refractivity contribution in [1.82, 2.24) is 19.6 Å². The Morgan fingerprint density at radius 3 is 1.55 bits per heavy atom. The maximum Gasteiger partial charge on any atom is 0.325 e. The molecule has 1 fully saturated rings. The number of ether oxygens (including phenoxy) is 1. The SMILES string of the molecule is N[C@H](C(=O)O)c1cc(I)c(OCc2cccc(NC(=O)CN3CCN(CC(=O)O)CCN(CC(=O)O)CCN(CC(=O)O)CC3)c2)c(I)c1. The Labute approximate surface area is 310 Å². The molecule has 0 aliphatic carbocycles. The lowest BCUT2D eigenvalue weighted by Crippen LogP contribution is -2.49. The van der Waals surface area contributed by atoms with Gasteiger partial charge in [-0.05, 0) is 80.6 Å². The molecular formula is C31H40I2N6O10. The van der Waals surface area contributed by atoms with E-state index in [2.05, 4.69) is 50.5 Å². The molecule has 0 aromatic heterocycles. The van der Waals surface area contributed by atoms with Gasteiger partial charge in [-0.1, -0.05) is 12.1 Å². The molecule has 0 radical (unpaired) electrons. The molecular weight excluding hydrogens is 870 g/mol. The number of carboxylic acids is 4. The fourth-order valence-electron chi connectivity index (χ4n) is 5.12. The van der Waals surface area contributed by atoms with Gasteiger partial charge < -0.3 is 36.2 Å². The van der Waals surface area contributed by atoms with Crippen molar-refractivity contribution >= 4 is 80.7 Å². The molecule has 18 heteroatoms. The number of nitrogens with one attached hydrogen (secondary N) is 1. The second-order valence-corrected chi connectivity index (χ2v) is 13.8. The van der Waals surface area contributed by atoms with Gasteiger partial charge in [0.2, 0.25) is 5.91 Å². The van der Waals surface area contributed by atoms with E-state index in [4.69, 9.17) is 10.5 Å². The van der Waals surface area contributed by atoms with E-state index in [1.165, 1.54) is 0 Å². The number of nitrogens with two attached hydrogens (primary N) is 1. The maximum atomic E-state index is 13.2. The predicted molar refractivity (Wildman–Crippen MR) is 195 cm³/mol. The summed E-state index contributed by atoms with van der Waals surface area (Å²) in [6, 6.07) is 9.31. The minimum atomic E-state index is -1.15. The van der Waals surface area contributed by atoms with Crippen molar-refractivity contribution in [3.63, 3.8) is 0 Å². The highest BCUT2D eigenvalue weighted by Crippen LogP contribution is 2.31. The van der Waals surface area contributed by atoms with E-state index < -0.39 is 29.9 Å². The molecule has 0 saturated carbocycles. The van der Waals surface area contributed by atoms with Crippen LogP contribution in [0.2, 0.25) is 0 Å². The van der Waals surface area contributed by atoms with Crippen LogP contribution in [0.4, 0.5) is 5.69 Å². The summed E-state index contributed by atoms with van der Waals surface area (Å²) in [6.07, 6.45) is 0. The molecule has 1 saturated heterocycles. The van der Waals surface area contributed by atoms with Crippen molar-refractivity contribution in [3.8, 4) is 5.75 Å². The van der Waals surface area contributed by atoms with Crippen LogP contribution in [0.3, 0.4) is 0 Å². The Balaban J connectivity index is 1.67. The summed E-state index contributed by atoms with van der Waals surface area (Å²) in [5.74, 6) is -3.95. The molecule has 1 atom stereocenters. The number of nitrogens with zero attached hydrogens (tertiary/aromatic N) is 4. The Bertz CT molecular complexity index is 1440. The van der Waals surface area contributed by atoms with Crippen LogP contribution in [0.15, 0.2) is 36.4 Å². The van der Waals surface area contributed by atoms with Crippen molar-refractivity contribution in [2.24, 2.45) is 5.73 Å². The smallest absolute Gasteiger partial charge is 0.325 e. The summed E-state index contributed by atoms with van der Waals surface area (Å²) >= 11 is 4.13. The molecule has 1 aliphatic heterocycles. The number of carbonyl (C=O) groups excluding carboxylic acids is 1. The Morgan fingerprint density at radius 2 is 1.14 bits per heavy atom. The van der Waals surface area contributed by atoms with Gasteiger partial charge >= 0.3 is 23.9 Å². The first kappa shape index (κ1) is 40.3. The average molecular weight is 911 g/mol. The molecule has 0 bridgehead atoms. The molecule has 0 spiro atoms. The summed E-state index contributed by atoms with van der Waals surface area (Å²) in [5, 5.41) is 40.3. The Morgan fingerprint density at radius 1 is 0.714 bits per heavy atom. The molecule has 268 valence electrons. The van der Waals surface area contributed by atoms with Gasteiger partial charge in [-0.25, -0.2) is 0 Å². The molecule has 16 nitrogen and oxygen atoms in total. The molecule has 7 N–H and O–H groups in total. The Hall–Kier alpha value is -3.15. The zero-order valence-electron chi connectivity index (χ0n) is 26.6. The quantitative estimate of drug-likeness (QED) is 0.145. The molecule has 3 rings (SSSR count). The third-order valence-electron chi connectivity index (χ3n) is 7.61. The number of hydrogen-bond donors (Lipinski definition) is 6. The minimum absolute atomic E-state index is 0.0328. The fourth-order valence-corrected chi connectivity index (χ4v) is 7.25. The normalized spacial score (nSPS) is 16.6. The number of amides is 1. The summed E-state index contributed by atoms with van der Waals surface area (Å²) in [5.41, 5.74) is 7.53. The molecule has 0 unspecified atom stereocenters. The van der Waals surface area contributed by atoms with E-state index in [9.17, 15) is 44.4 Å². The van der Waals surface area contributed by atoms with E-state index in [-0.39, 0.29) is 64.9 Å². The van der Waals surface area contributed by atoms with E-state index in [0.717, 1.165) is 5.56 Å². The first-order valence-corrected chi connectivity index (χ1v) is 17.4. The highest BCUT2D eigenvalue weighted by molar-refractivity contribution is 14.1. The number of halogens is 2. The number of aliphatic carboxylic acids is 4. The average Bonchev–Trinajstić information content (AvgIpc) is 3.00. The molecule has 2 aromatic carbocycles. The van der Waals surface area contributed by atoms with Gasteiger partial charge in [-0.2, -0.15) is 0 Å². The third kappa shape index (κ3) is 14.3. The van der Waals surface area contributed by atoms with Gasteiger partial charge in [0.05, 0.1) is 33.3 Å². The minimum Gasteiger partial charge on any atom is -0.487 e. The molecule has 1 amide bonds. The second-order valence-electron chi connectivity index (χ2n) is 11.5. The van der Waals surface area contributed by atoms with Crippen LogP contribution in [-0.2, 0) is 30.6 Å². The van der Waals surface area contributed by atoms with Crippen LogP contribution < -0.4 is 15.8 Å². The van der Waals surface area contributed by atoms with Crippen molar-refractivity contribution in [2.75, 3.05) is 83.9 Å². The van der Waals surface area contributed by atoms with Crippen molar-refractivity contribution in [1.29, 1.82) is 0 Å². The van der Waals surface area contributed by atoms with Crippen molar-refractivity contribution < 1.29 is 49.1 Å².